The fraction of sp³-hybridized carbons (Fsp3) is 1.00. The van der Waals surface area contributed by atoms with Gasteiger partial charge >= 0.3 is 0 Å². The van der Waals surface area contributed by atoms with Gasteiger partial charge in [-0.25, -0.2) is 0 Å². The Morgan fingerprint density at radius 2 is 1.55 bits per heavy atom. The number of nitrogens with zero attached hydrogens (tertiary/aromatic N) is 2. The summed E-state index contributed by atoms with van der Waals surface area (Å²) in [6.45, 7) is 16.7. The highest BCUT2D eigenvalue weighted by molar-refractivity contribution is 4.82. The van der Waals surface area contributed by atoms with E-state index in [1.54, 1.807) is 0 Å². The van der Waals surface area contributed by atoms with Gasteiger partial charge in [-0.3, -0.25) is 9.80 Å². The van der Waals surface area contributed by atoms with Gasteiger partial charge in [0.05, 0.1) is 0 Å². The molecule has 1 saturated heterocycles. The van der Waals surface area contributed by atoms with Crippen molar-refractivity contribution in [2.75, 3.05) is 39.3 Å². The lowest BCUT2D eigenvalue weighted by Gasteiger charge is -2.42. The van der Waals surface area contributed by atoms with E-state index < -0.39 is 0 Å². The molecule has 1 heterocycles. The Balaban J connectivity index is 1.57. The number of nitrogens with one attached hydrogen (secondary N) is 1. The average molecular weight is 281 g/mol. The van der Waals surface area contributed by atoms with Crippen LogP contribution in [0.4, 0.5) is 0 Å². The summed E-state index contributed by atoms with van der Waals surface area (Å²) < 4.78 is 0. The summed E-state index contributed by atoms with van der Waals surface area (Å²) >= 11 is 0. The van der Waals surface area contributed by atoms with Gasteiger partial charge in [0.25, 0.3) is 0 Å². The summed E-state index contributed by atoms with van der Waals surface area (Å²) in [5, 5.41) is 3.78. The van der Waals surface area contributed by atoms with E-state index in [9.17, 15) is 0 Å². The molecule has 2 fully saturated rings. The van der Waals surface area contributed by atoms with Crippen LogP contribution in [0.1, 0.15) is 53.4 Å². The lowest BCUT2D eigenvalue weighted by molar-refractivity contribution is 0.0622. The summed E-state index contributed by atoms with van der Waals surface area (Å²) in [7, 11) is 0. The first-order chi connectivity index (χ1) is 9.45. The molecule has 0 atom stereocenters. The van der Waals surface area contributed by atoms with Crippen molar-refractivity contribution in [1.29, 1.82) is 0 Å². The van der Waals surface area contributed by atoms with E-state index in [0.29, 0.717) is 5.54 Å². The van der Waals surface area contributed by atoms with Crippen molar-refractivity contribution >= 4 is 0 Å². The molecule has 1 aliphatic heterocycles. The van der Waals surface area contributed by atoms with Crippen LogP contribution in [-0.4, -0.2) is 60.6 Å². The molecule has 3 heteroatoms. The minimum Gasteiger partial charge on any atom is -0.313 e. The molecule has 20 heavy (non-hydrogen) atoms. The van der Waals surface area contributed by atoms with Crippen molar-refractivity contribution in [3.8, 4) is 0 Å². The van der Waals surface area contributed by atoms with E-state index in [1.807, 2.05) is 0 Å². The van der Waals surface area contributed by atoms with Crippen LogP contribution in [0.5, 0.6) is 0 Å². The number of rotatable bonds is 4. The maximum atomic E-state index is 3.78. The van der Waals surface area contributed by atoms with Gasteiger partial charge in [-0.2, -0.15) is 0 Å². The first-order valence-electron chi connectivity index (χ1n) is 8.66. The topological polar surface area (TPSA) is 18.5 Å². The molecule has 0 unspecified atom stereocenters. The van der Waals surface area contributed by atoms with Crippen LogP contribution in [0.3, 0.4) is 0 Å². The van der Waals surface area contributed by atoms with E-state index in [4.69, 9.17) is 0 Å². The Kier molecular flexibility index (Phi) is 5.88. The van der Waals surface area contributed by atoms with Crippen LogP contribution in [0.2, 0.25) is 0 Å². The highest BCUT2D eigenvalue weighted by atomic mass is 15.3. The molecule has 1 N–H and O–H groups in total. The van der Waals surface area contributed by atoms with Crippen molar-refractivity contribution in [2.24, 2.45) is 5.92 Å². The second-order valence-electron chi connectivity index (χ2n) is 7.91. The zero-order valence-electron chi connectivity index (χ0n) is 14.1. The van der Waals surface area contributed by atoms with Crippen molar-refractivity contribution in [3.05, 3.63) is 0 Å². The van der Waals surface area contributed by atoms with Gasteiger partial charge in [0.1, 0.15) is 0 Å². The smallest absolute Gasteiger partial charge is 0.0126 e. The van der Waals surface area contributed by atoms with E-state index in [1.165, 1.54) is 65.0 Å². The number of hydrogen-bond acceptors (Lipinski definition) is 3. The quantitative estimate of drug-likeness (QED) is 0.854. The van der Waals surface area contributed by atoms with Gasteiger partial charge < -0.3 is 5.32 Å². The first-order valence-corrected chi connectivity index (χ1v) is 8.66. The Morgan fingerprint density at radius 1 is 0.950 bits per heavy atom. The largest absolute Gasteiger partial charge is 0.313 e. The van der Waals surface area contributed by atoms with Crippen LogP contribution in [0.15, 0.2) is 0 Å². The average Bonchev–Trinajstić information content (AvgIpc) is 2.41. The summed E-state index contributed by atoms with van der Waals surface area (Å²) in [6, 6.07) is 0.794. The van der Waals surface area contributed by atoms with Crippen molar-refractivity contribution in [1.82, 2.24) is 15.1 Å². The molecule has 2 rings (SSSR count). The molecule has 0 aromatic carbocycles. The van der Waals surface area contributed by atoms with E-state index in [0.717, 1.165) is 12.0 Å². The third-order valence-corrected chi connectivity index (χ3v) is 5.20. The standard InChI is InChI=1S/C17H35N3/c1-15-5-7-16(8-6-15)18-9-10-19-11-13-20(14-12-19)17(2,3)4/h15-16,18H,5-14H2,1-4H3. The second-order valence-corrected chi connectivity index (χ2v) is 7.91. The molecule has 0 spiro atoms. The summed E-state index contributed by atoms with van der Waals surface area (Å²) in [5.74, 6) is 0.957. The molecule has 0 aromatic heterocycles. The van der Waals surface area contributed by atoms with Crippen LogP contribution in [-0.2, 0) is 0 Å². The van der Waals surface area contributed by atoms with Gasteiger partial charge in [0.15, 0.2) is 0 Å². The zero-order chi connectivity index (χ0) is 14.6. The molecule has 2 aliphatic rings. The van der Waals surface area contributed by atoms with Crippen LogP contribution >= 0.6 is 0 Å². The molecule has 3 nitrogen and oxygen atoms in total. The first kappa shape index (κ1) is 16.3. The Morgan fingerprint density at radius 3 is 2.10 bits per heavy atom. The van der Waals surface area contributed by atoms with Gasteiger partial charge in [0, 0.05) is 50.8 Å². The lowest BCUT2D eigenvalue weighted by atomic mass is 9.87. The van der Waals surface area contributed by atoms with Gasteiger partial charge in [-0.15, -0.1) is 0 Å². The minimum atomic E-state index is 0.336. The molecule has 0 radical (unpaired) electrons. The predicted molar refractivity (Wildman–Crippen MR) is 87.2 cm³/mol. The highest BCUT2D eigenvalue weighted by Gasteiger charge is 2.25. The second kappa shape index (κ2) is 7.24. The van der Waals surface area contributed by atoms with E-state index in [2.05, 4.69) is 42.8 Å². The summed E-state index contributed by atoms with van der Waals surface area (Å²) in [5.41, 5.74) is 0.336. The van der Waals surface area contributed by atoms with Crippen LogP contribution < -0.4 is 5.32 Å². The lowest BCUT2D eigenvalue weighted by Crippen LogP contribution is -2.54. The van der Waals surface area contributed by atoms with Gasteiger partial charge in [-0.1, -0.05) is 6.92 Å². The minimum absolute atomic E-state index is 0.336. The number of piperazine rings is 1. The molecular weight excluding hydrogens is 246 g/mol. The van der Waals surface area contributed by atoms with E-state index >= 15 is 0 Å². The Bertz CT molecular complexity index is 268. The van der Waals surface area contributed by atoms with Gasteiger partial charge in [0.2, 0.25) is 0 Å². The normalized spacial score (nSPS) is 30.6. The Hall–Kier alpha value is -0.120. The molecule has 118 valence electrons. The fourth-order valence-electron chi connectivity index (χ4n) is 3.53. The molecular formula is C17H35N3. The van der Waals surface area contributed by atoms with E-state index in [-0.39, 0.29) is 0 Å². The fourth-order valence-corrected chi connectivity index (χ4v) is 3.53. The summed E-state index contributed by atoms with van der Waals surface area (Å²) in [6.07, 6.45) is 5.61. The molecule has 1 aliphatic carbocycles. The third-order valence-electron chi connectivity index (χ3n) is 5.20. The SMILES string of the molecule is CC1CCC(NCCN2CCN(C(C)(C)C)CC2)CC1. The molecule has 0 bridgehead atoms. The molecule has 0 amide bonds. The van der Waals surface area contributed by atoms with Crippen LogP contribution in [0.25, 0.3) is 0 Å². The van der Waals surface area contributed by atoms with Crippen molar-refractivity contribution in [2.45, 2.75) is 65.0 Å². The predicted octanol–water partition coefficient (Wildman–Crippen LogP) is 2.57. The molecule has 0 aromatic rings. The zero-order valence-corrected chi connectivity index (χ0v) is 14.1. The van der Waals surface area contributed by atoms with Crippen molar-refractivity contribution in [3.63, 3.8) is 0 Å². The maximum Gasteiger partial charge on any atom is 0.0126 e. The van der Waals surface area contributed by atoms with Crippen LogP contribution in [0, 0.1) is 5.92 Å². The Labute approximate surface area is 126 Å². The van der Waals surface area contributed by atoms with Crippen molar-refractivity contribution < 1.29 is 0 Å². The van der Waals surface area contributed by atoms with Gasteiger partial charge in [-0.05, 0) is 52.4 Å². The highest BCUT2D eigenvalue weighted by Crippen LogP contribution is 2.23. The molecule has 1 saturated carbocycles. The third kappa shape index (κ3) is 5.01. The monoisotopic (exact) mass is 281 g/mol. The maximum absolute atomic E-state index is 3.78. The summed E-state index contributed by atoms with van der Waals surface area (Å²) in [4.78, 5) is 5.24. The number of hydrogen-bond donors (Lipinski definition) is 1.